The first-order valence-electron chi connectivity index (χ1n) is 7.45. The van der Waals surface area contributed by atoms with Crippen molar-refractivity contribution in [1.82, 2.24) is 9.44 Å². The molecule has 0 amide bonds. The van der Waals surface area contributed by atoms with Gasteiger partial charge in [0.2, 0.25) is 20.0 Å². The highest BCUT2D eigenvalue weighted by molar-refractivity contribution is 7.90. The van der Waals surface area contributed by atoms with Crippen molar-refractivity contribution in [2.24, 2.45) is 0 Å². The molecule has 1 saturated heterocycles. The fraction of sp³-hybridized carbons (Fsp3) is 0.571. The lowest BCUT2D eigenvalue weighted by Crippen LogP contribution is -2.43. The van der Waals surface area contributed by atoms with E-state index < -0.39 is 20.0 Å². The zero-order valence-corrected chi connectivity index (χ0v) is 14.6. The van der Waals surface area contributed by atoms with Crippen molar-refractivity contribution in [1.29, 1.82) is 0 Å². The summed E-state index contributed by atoms with van der Waals surface area (Å²) in [6, 6.07) is 7.69. The van der Waals surface area contributed by atoms with Crippen LogP contribution in [0.1, 0.15) is 19.8 Å². The summed E-state index contributed by atoms with van der Waals surface area (Å²) in [4.78, 5) is 0.114. The molecule has 1 heterocycles. The molecule has 1 aliphatic rings. The Bertz CT molecular complexity index is 704. The fourth-order valence-electron chi connectivity index (χ4n) is 2.41. The van der Waals surface area contributed by atoms with E-state index in [-0.39, 0.29) is 29.3 Å². The largest absolute Gasteiger partial charge is 0.378 e. The van der Waals surface area contributed by atoms with Crippen LogP contribution in [0, 0.1) is 0 Å². The summed E-state index contributed by atoms with van der Waals surface area (Å²) in [5.41, 5.74) is 0. The molecule has 2 N–H and O–H groups in total. The van der Waals surface area contributed by atoms with Gasteiger partial charge in [-0.3, -0.25) is 0 Å². The van der Waals surface area contributed by atoms with Crippen LogP contribution in [0.3, 0.4) is 0 Å². The van der Waals surface area contributed by atoms with Gasteiger partial charge in [0.1, 0.15) is 0 Å². The van der Waals surface area contributed by atoms with Crippen molar-refractivity contribution in [2.45, 2.75) is 36.8 Å². The summed E-state index contributed by atoms with van der Waals surface area (Å²) in [5, 5.41) is 0. The minimum absolute atomic E-state index is 0.0213. The molecule has 0 radical (unpaired) electrons. The summed E-state index contributed by atoms with van der Waals surface area (Å²) < 4.78 is 58.4. The van der Waals surface area contributed by atoms with Crippen molar-refractivity contribution in [3.05, 3.63) is 30.3 Å². The quantitative estimate of drug-likeness (QED) is 0.733. The molecule has 1 fully saturated rings. The smallest absolute Gasteiger partial charge is 0.240 e. The second-order valence-corrected chi connectivity index (χ2v) is 9.19. The van der Waals surface area contributed by atoms with Crippen LogP contribution in [0.25, 0.3) is 0 Å². The van der Waals surface area contributed by atoms with E-state index in [1.807, 2.05) is 6.92 Å². The minimum atomic E-state index is -3.69. The molecule has 0 aliphatic carbocycles. The average molecular weight is 362 g/mol. The summed E-state index contributed by atoms with van der Waals surface area (Å²) in [7, 11) is -7.23. The van der Waals surface area contributed by atoms with Crippen LogP contribution in [0.15, 0.2) is 35.2 Å². The van der Waals surface area contributed by atoms with Gasteiger partial charge < -0.3 is 4.74 Å². The number of ether oxygens (including phenoxy) is 1. The molecule has 9 heteroatoms. The van der Waals surface area contributed by atoms with Crippen molar-refractivity contribution >= 4 is 20.0 Å². The molecule has 1 aliphatic heterocycles. The van der Waals surface area contributed by atoms with E-state index in [9.17, 15) is 16.8 Å². The van der Waals surface area contributed by atoms with Gasteiger partial charge in [0.05, 0.1) is 16.8 Å². The van der Waals surface area contributed by atoms with Gasteiger partial charge in [0.25, 0.3) is 0 Å². The van der Waals surface area contributed by atoms with Gasteiger partial charge in [-0.05, 0) is 31.9 Å². The molecule has 2 atom stereocenters. The summed E-state index contributed by atoms with van der Waals surface area (Å²) in [6.07, 6.45) is 1.27. The maximum atomic E-state index is 12.0. The molecule has 0 bridgehead atoms. The highest BCUT2D eigenvalue weighted by Crippen LogP contribution is 2.14. The van der Waals surface area contributed by atoms with Gasteiger partial charge in [-0.25, -0.2) is 26.3 Å². The first-order chi connectivity index (χ1) is 10.8. The first kappa shape index (κ1) is 18.3. The molecule has 0 saturated carbocycles. The van der Waals surface area contributed by atoms with Crippen LogP contribution in [0.2, 0.25) is 0 Å². The van der Waals surface area contributed by atoms with E-state index in [1.165, 1.54) is 12.1 Å². The second-order valence-electron chi connectivity index (χ2n) is 5.55. The van der Waals surface area contributed by atoms with Crippen LogP contribution in [-0.4, -0.2) is 47.9 Å². The second kappa shape index (κ2) is 7.71. The predicted octanol–water partition coefficient (Wildman–Crippen LogP) is 0.452. The molecule has 0 aromatic heterocycles. The normalized spacial score (nSPS) is 22.8. The predicted molar refractivity (Wildman–Crippen MR) is 87.0 cm³/mol. The van der Waals surface area contributed by atoms with Crippen molar-refractivity contribution in [3.8, 4) is 0 Å². The molecular weight excluding hydrogens is 340 g/mol. The van der Waals surface area contributed by atoms with Crippen LogP contribution >= 0.6 is 0 Å². The van der Waals surface area contributed by atoms with Gasteiger partial charge >= 0.3 is 0 Å². The Morgan fingerprint density at radius 2 is 1.87 bits per heavy atom. The molecule has 2 unspecified atom stereocenters. The van der Waals surface area contributed by atoms with Crippen LogP contribution in [0.4, 0.5) is 0 Å². The molecule has 7 nitrogen and oxygen atoms in total. The Hall–Kier alpha value is -1.00. The third-order valence-electron chi connectivity index (χ3n) is 3.55. The minimum Gasteiger partial charge on any atom is -0.378 e. The molecule has 0 spiro atoms. The Balaban J connectivity index is 1.85. The van der Waals surface area contributed by atoms with Gasteiger partial charge in [-0.15, -0.1) is 0 Å². The molecule has 130 valence electrons. The highest BCUT2D eigenvalue weighted by Gasteiger charge is 2.24. The monoisotopic (exact) mass is 362 g/mol. The van der Waals surface area contributed by atoms with Gasteiger partial charge in [-0.1, -0.05) is 18.2 Å². The van der Waals surface area contributed by atoms with Gasteiger partial charge in [0.15, 0.2) is 0 Å². The molecular formula is C14H22N2O5S2. The molecule has 1 aromatic rings. The Labute approximate surface area is 137 Å². The third-order valence-corrected chi connectivity index (χ3v) is 6.46. The lowest BCUT2D eigenvalue weighted by molar-refractivity contribution is 0.0173. The van der Waals surface area contributed by atoms with Crippen LogP contribution in [-0.2, 0) is 24.8 Å². The topological polar surface area (TPSA) is 102 Å². The van der Waals surface area contributed by atoms with E-state index >= 15 is 0 Å². The number of benzene rings is 1. The lowest BCUT2D eigenvalue weighted by Gasteiger charge is -2.27. The zero-order valence-electron chi connectivity index (χ0n) is 12.9. The maximum Gasteiger partial charge on any atom is 0.240 e. The van der Waals surface area contributed by atoms with Crippen molar-refractivity contribution in [3.63, 3.8) is 0 Å². The highest BCUT2D eigenvalue weighted by atomic mass is 32.2. The van der Waals surface area contributed by atoms with E-state index in [0.717, 1.165) is 0 Å². The number of hydrogen-bond donors (Lipinski definition) is 2. The van der Waals surface area contributed by atoms with Gasteiger partial charge in [0, 0.05) is 19.2 Å². The number of sulfonamides is 2. The Morgan fingerprint density at radius 3 is 2.52 bits per heavy atom. The van der Waals surface area contributed by atoms with Gasteiger partial charge in [-0.2, -0.15) is 0 Å². The van der Waals surface area contributed by atoms with Crippen LogP contribution in [0.5, 0.6) is 0 Å². The lowest BCUT2D eigenvalue weighted by atomic mass is 10.1. The summed E-state index contributed by atoms with van der Waals surface area (Å²) in [5.74, 6) is -0.301. The van der Waals surface area contributed by atoms with Crippen LogP contribution < -0.4 is 9.44 Å². The average Bonchev–Trinajstić information content (AvgIpc) is 2.47. The molecule has 1 aromatic carbocycles. The van der Waals surface area contributed by atoms with Crippen molar-refractivity contribution in [2.75, 3.05) is 18.9 Å². The maximum absolute atomic E-state index is 12.0. The molecule has 23 heavy (non-hydrogen) atoms. The van der Waals surface area contributed by atoms with Crippen molar-refractivity contribution < 1.29 is 21.6 Å². The SMILES string of the molecule is CC1CC(NS(=O)(=O)CCNS(=O)(=O)c2ccccc2)CCO1. The number of rotatable bonds is 7. The molecule has 2 rings (SSSR count). The first-order valence-corrected chi connectivity index (χ1v) is 10.6. The fourth-order valence-corrected chi connectivity index (χ4v) is 4.80. The Morgan fingerprint density at radius 1 is 1.17 bits per heavy atom. The summed E-state index contributed by atoms with van der Waals surface area (Å²) >= 11 is 0. The van der Waals surface area contributed by atoms with E-state index in [4.69, 9.17) is 4.74 Å². The summed E-state index contributed by atoms with van der Waals surface area (Å²) in [6.45, 7) is 2.24. The number of hydrogen-bond acceptors (Lipinski definition) is 5. The number of nitrogens with one attached hydrogen (secondary N) is 2. The standard InChI is InChI=1S/C14H22N2O5S2/c1-12-11-13(7-9-21-12)16-22(17,18)10-8-15-23(19,20)14-5-3-2-4-6-14/h2-6,12-13,15-16H,7-11H2,1H3. The van der Waals surface area contributed by atoms with E-state index in [0.29, 0.717) is 19.4 Å². The third kappa shape index (κ3) is 5.85. The van der Waals surface area contributed by atoms with E-state index in [2.05, 4.69) is 9.44 Å². The van der Waals surface area contributed by atoms with E-state index in [1.54, 1.807) is 18.2 Å². The zero-order chi connectivity index (χ0) is 16.9. The Kier molecular flexibility index (Phi) is 6.15.